The third-order valence-corrected chi connectivity index (χ3v) is 5.63. The third kappa shape index (κ3) is 5.92. The second-order valence-electron chi connectivity index (χ2n) is 7.08. The summed E-state index contributed by atoms with van der Waals surface area (Å²) in [4.78, 5) is 32.8. The first-order valence-corrected chi connectivity index (χ1v) is 11.2. The molecule has 6 nitrogen and oxygen atoms in total. The summed E-state index contributed by atoms with van der Waals surface area (Å²) in [6.45, 7) is 4.20. The fraction of sp³-hybridized carbons (Fsp3) is 0.292. The number of H-pyrrole nitrogens is 1. The molecule has 2 aromatic heterocycles. The van der Waals surface area contributed by atoms with Gasteiger partial charge in [-0.1, -0.05) is 31.5 Å². The van der Waals surface area contributed by atoms with E-state index in [0.29, 0.717) is 30.0 Å². The maximum absolute atomic E-state index is 11.9. The number of benzene rings is 1. The molecule has 3 rings (SSSR count). The van der Waals surface area contributed by atoms with Gasteiger partial charge in [0.1, 0.15) is 5.82 Å². The lowest BCUT2D eigenvalue weighted by Gasteiger charge is -2.05. The van der Waals surface area contributed by atoms with Crippen molar-refractivity contribution in [1.29, 1.82) is 0 Å². The number of hydrogen-bond donors (Lipinski definition) is 2. The molecule has 0 atom stereocenters. The van der Waals surface area contributed by atoms with Gasteiger partial charge in [0, 0.05) is 28.9 Å². The predicted octanol–water partition coefficient (Wildman–Crippen LogP) is 5.37. The van der Waals surface area contributed by atoms with Crippen molar-refractivity contribution < 1.29 is 19.4 Å². The quantitative estimate of drug-likeness (QED) is 0.328. The first kappa shape index (κ1) is 22.5. The lowest BCUT2D eigenvalue weighted by Crippen LogP contribution is -2.04. The van der Waals surface area contributed by atoms with Gasteiger partial charge in [-0.25, -0.2) is 14.6 Å². The molecule has 0 saturated carbocycles. The minimum absolute atomic E-state index is 0.289. The number of imidazole rings is 1. The number of nitrogens with zero attached hydrogens (tertiary/aromatic N) is 1. The van der Waals surface area contributed by atoms with Crippen molar-refractivity contribution in [2.75, 3.05) is 6.61 Å². The van der Waals surface area contributed by atoms with Gasteiger partial charge in [0.2, 0.25) is 0 Å². The number of aryl methyl sites for hydroxylation is 1. The Labute approximate surface area is 185 Å². The molecular weight excluding hydrogens is 412 g/mol. The van der Waals surface area contributed by atoms with E-state index in [9.17, 15) is 14.7 Å². The van der Waals surface area contributed by atoms with Gasteiger partial charge in [-0.05, 0) is 43.0 Å². The number of ether oxygens (including phenoxy) is 1. The van der Waals surface area contributed by atoms with Crippen LogP contribution < -0.4 is 0 Å². The summed E-state index contributed by atoms with van der Waals surface area (Å²) in [5.41, 5.74) is 2.89. The predicted molar refractivity (Wildman–Crippen MR) is 122 cm³/mol. The van der Waals surface area contributed by atoms with Gasteiger partial charge in [-0.3, -0.25) is 0 Å². The average molecular weight is 439 g/mol. The van der Waals surface area contributed by atoms with Crippen LogP contribution in [0.2, 0.25) is 0 Å². The molecule has 2 heterocycles. The monoisotopic (exact) mass is 438 g/mol. The first-order valence-electron chi connectivity index (χ1n) is 10.3. The lowest BCUT2D eigenvalue weighted by molar-refractivity contribution is -0.132. The summed E-state index contributed by atoms with van der Waals surface area (Å²) in [6, 6.07) is 10.9. The fourth-order valence-corrected chi connectivity index (χ4v) is 3.89. The molecule has 7 heteroatoms. The molecule has 0 aliphatic heterocycles. The zero-order valence-electron chi connectivity index (χ0n) is 17.7. The molecule has 0 bridgehead atoms. The van der Waals surface area contributed by atoms with Crippen LogP contribution in [0.3, 0.4) is 0 Å². The van der Waals surface area contributed by atoms with Gasteiger partial charge in [0.05, 0.1) is 23.6 Å². The van der Waals surface area contributed by atoms with Gasteiger partial charge in [-0.15, -0.1) is 11.3 Å². The third-order valence-electron chi connectivity index (χ3n) is 4.76. The summed E-state index contributed by atoms with van der Waals surface area (Å²) in [6.07, 6.45) is 4.81. The highest BCUT2D eigenvalue weighted by Crippen LogP contribution is 2.26. The number of nitrogens with one attached hydrogen (secondary N) is 1. The van der Waals surface area contributed by atoms with E-state index >= 15 is 0 Å². The van der Waals surface area contributed by atoms with Crippen molar-refractivity contribution in [3.63, 3.8) is 0 Å². The summed E-state index contributed by atoms with van der Waals surface area (Å²) in [5, 5.41) is 11.7. The van der Waals surface area contributed by atoms with Crippen molar-refractivity contribution in [2.45, 2.75) is 39.5 Å². The van der Waals surface area contributed by atoms with Gasteiger partial charge < -0.3 is 14.8 Å². The Bertz CT molecular complexity index is 1050. The van der Waals surface area contributed by atoms with E-state index < -0.39 is 5.97 Å². The normalized spacial score (nSPS) is 11.5. The van der Waals surface area contributed by atoms with E-state index in [4.69, 9.17) is 9.72 Å². The lowest BCUT2D eigenvalue weighted by atomic mass is 10.0. The maximum Gasteiger partial charge on any atom is 0.338 e. The second-order valence-corrected chi connectivity index (χ2v) is 8.11. The molecule has 2 N–H and O–H groups in total. The van der Waals surface area contributed by atoms with Crippen molar-refractivity contribution in [1.82, 2.24) is 9.97 Å². The number of rotatable bonds is 10. The summed E-state index contributed by atoms with van der Waals surface area (Å²) in [5.74, 6) is -0.510. The molecule has 31 heavy (non-hydrogen) atoms. The summed E-state index contributed by atoms with van der Waals surface area (Å²) < 4.78 is 5.04. The van der Waals surface area contributed by atoms with E-state index in [0.717, 1.165) is 35.5 Å². The summed E-state index contributed by atoms with van der Waals surface area (Å²) in [7, 11) is 0. The van der Waals surface area contributed by atoms with E-state index in [1.54, 1.807) is 25.1 Å². The molecule has 0 saturated heterocycles. The zero-order valence-corrected chi connectivity index (χ0v) is 18.5. The first-order chi connectivity index (χ1) is 15.0. The highest BCUT2D eigenvalue weighted by molar-refractivity contribution is 7.09. The molecule has 0 fully saturated rings. The van der Waals surface area contributed by atoms with Crippen molar-refractivity contribution in [3.05, 3.63) is 69.3 Å². The molecule has 3 aromatic rings. The standard InChI is InChI=1S/C24H26N2O4S/c1-3-5-8-21-25-20(15-18(23(27)28)14-19-7-6-13-31-19)22(26-21)16-9-11-17(12-10-16)24(29)30-4-2/h6-7,9-13,15H,3-5,8,14H2,1-2H3,(H,25,26)(H,27,28)/b18-15+. The molecular formula is C24H26N2O4S. The molecule has 0 spiro atoms. The number of aliphatic carboxylic acids is 1. The molecule has 0 aliphatic rings. The number of aromatic amines is 1. The number of esters is 1. The Hall–Kier alpha value is -3.19. The number of unbranched alkanes of at least 4 members (excludes halogenated alkanes) is 1. The maximum atomic E-state index is 11.9. The van der Waals surface area contributed by atoms with Crippen LogP contribution in [0.4, 0.5) is 0 Å². The number of carboxylic acids is 1. The molecule has 0 aliphatic carbocycles. The van der Waals surface area contributed by atoms with Crippen LogP contribution in [-0.2, 0) is 22.4 Å². The second kappa shape index (κ2) is 10.7. The van der Waals surface area contributed by atoms with Crippen molar-refractivity contribution in [2.24, 2.45) is 0 Å². The van der Waals surface area contributed by atoms with Gasteiger partial charge in [0.15, 0.2) is 0 Å². The van der Waals surface area contributed by atoms with Crippen molar-refractivity contribution in [3.8, 4) is 11.3 Å². The number of aromatic nitrogens is 2. The molecule has 162 valence electrons. The zero-order chi connectivity index (χ0) is 22.2. The van der Waals surface area contributed by atoms with Crippen LogP contribution in [0.25, 0.3) is 17.3 Å². The van der Waals surface area contributed by atoms with Crippen LogP contribution >= 0.6 is 11.3 Å². The summed E-state index contributed by atoms with van der Waals surface area (Å²) >= 11 is 1.53. The number of hydrogen-bond acceptors (Lipinski definition) is 5. The minimum atomic E-state index is -0.957. The van der Waals surface area contributed by atoms with E-state index in [1.807, 2.05) is 29.6 Å². The minimum Gasteiger partial charge on any atom is -0.478 e. The van der Waals surface area contributed by atoms with Crippen LogP contribution in [0.1, 0.15) is 53.4 Å². The molecule has 0 unspecified atom stereocenters. The number of carbonyl (C=O) groups excluding carboxylic acids is 1. The Kier molecular flexibility index (Phi) is 7.78. The van der Waals surface area contributed by atoms with E-state index in [2.05, 4.69) is 11.9 Å². The SMILES string of the molecule is CCCCc1nc(-c2ccc(C(=O)OCC)cc2)c(/C=C(\Cc2cccs2)C(=O)O)[nH]1. The Balaban J connectivity index is 1.98. The number of carbonyl (C=O) groups is 2. The van der Waals surface area contributed by atoms with Gasteiger partial charge in [0.25, 0.3) is 0 Å². The highest BCUT2D eigenvalue weighted by atomic mass is 32.1. The Morgan fingerprint density at radius 3 is 2.58 bits per heavy atom. The smallest absolute Gasteiger partial charge is 0.338 e. The molecule has 1 aromatic carbocycles. The largest absolute Gasteiger partial charge is 0.478 e. The van der Waals surface area contributed by atoms with Gasteiger partial charge in [-0.2, -0.15) is 0 Å². The highest BCUT2D eigenvalue weighted by Gasteiger charge is 2.16. The van der Waals surface area contributed by atoms with Gasteiger partial charge >= 0.3 is 11.9 Å². The average Bonchev–Trinajstić information content (AvgIpc) is 3.42. The van der Waals surface area contributed by atoms with E-state index in [-0.39, 0.29) is 11.5 Å². The van der Waals surface area contributed by atoms with Crippen LogP contribution in [0.15, 0.2) is 47.4 Å². The van der Waals surface area contributed by atoms with E-state index in [1.165, 1.54) is 11.3 Å². The Morgan fingerprint density at radius 1 is 1.19 bits per heavy atom. The number of carboxylic acid groups (broad SMARTS) is 1. The van der Waals surface area contributed by atoms with Crippen LogP contribution in [0.5, 0.6) is 0 Å². The van der Waals surface area contributed by atoms with Crippen LogP contribution in [-0.4, -0.2) is 33.6 Å². The van der Waals surface area contributed by atoms with Crippen LogP contribution in [0, 0.1) is 0 Å². The fourth-order valence-electron chi connectivity index (χ4n) is 3.17. The number of thiophene rings is 1. The molecule has 0 amide bonds. The van der Waals surface area contributed by atoms with Crippen molar-refractivity contribution >= 4 is 29.4 Å². The Morgan fingerprint density at radius 2 is 1.97 bits per heavy atom. The molecule has 0 radical (unpaired) electrons. The topological polar surface area (TPSA) is 92.3 Å².